The Morgan fingerprint density at radius 3 is 2.35 bits per heavy atom. The third-order valence-corrected chi connectivity index (χ3v) is 2.70. The summed E-state index contributed by atoms with van der Waals surface area (Å²) in [5.41, 5.74) is 7.33. The standard InChI is InChI=1S/C14H22N2O/c1-3-5-6-14(17)16(11-4-2)13-9-7-12(15)8-10-13/h7-10H,3-6,11,15H2,1-2H3. The second-order valence-corrected chi connectivity index (χ2v) is 4.24. The van der Waals surface area contributed by atoms with Gasteiger partial charge in [0.15, 0.2) is 0 Å². The predicted molar refractivity (Wildman–Crippen MR) is 73.0 cm³/mol. The van der Waals surface area contributed by atoms with E-state index in [-0.39, 0.29) is 5.91 Å². The van der Waals surface area contributed by atoms with E-state index in [4.69, 9.17) is 5.73 Å². The van der Waals surface area contributed by atoms with Gasteiger partial charge in [-0.1, -0.05) is 20.3 Å². The van der Waals surface area contributed by atoms with Gasteiger partial charge in [0.25, 0.3) is 0 Å². The minimum absolute atomic E-state index is 0.207. The molecule has 0 heterocycles. The number of nitrogen functional groups attached to an aromatic ring is 1. The summed E-state index contributed by atoms with van der Waals surface area (Å²) in [4.78, 5) is 13.9. The van der Waals surface area contributed by atoms with Gasteiger partial charge < -0.3 is 10.6 Å². The van der Waals surface area contributed by atoms with Gasteiger partial charge in [-0.25, -0.2) is 0 Å². The van der Waals surface area contributed by atoms with E-state index < -0.39 is 0 Å². The van der Waals surface area contributed by atoms with Crippen LogP contribution in [0, 0.1) is 0 Å². The second kappa shape index (κ2) is 6.94. The van der Waals surface area contributed by atoms with E-state index in [1.54, 1.807) is 0 Å². The van der Waals surface area contributed by atoms with Crippen LogP contribution in [-0.2, 0) is 4.79 Å². The number of anilines is 2. The number of nitrogens with zero attached hydrogens (tertiary/aromatic N) is 1. The number of rotatable bonds is 6. The average Bonchev–Trinajstić information content (AvgIpc) is 2.34. The summed E-state index contributed by atoms with van der Waals surface area (Å²) in [6, 6.07) is 7.50. The Morgan fingerprint density at radius 2 is 1.82 bits per heavy atom. The molecule has 0 saturated heterocycles. The highest BCUT2D eigenvalue weighted by atomic mass is 16.2. The summed E-state index contributed by atoms with van der Waals surface area (Å²) in [7, 11) is 0. The minimum atomic E-state index is 0.207. The Bertz CT molecular complexity index is 346. The zero-order chi connectivity index (χ0) is 12.7. The molecule has 0 fully saturated rings. The van der Waals surface area contributed by atoms with E-state index in [0.29, 0.717) is 6.42 Å². The van der Waals surface area contributed by atoms with Crippen LogP contribution in [-0.4, -0.2) is 12.5 Å². The van der Waals surface area contributed by atoms with Crippen molar-refractivity contribution in [1.29, 1.82) is 0 Å². The van der Waals surface area contributed by atoms with Gasteiger partial charge in [-0.05, 0) is 37.1 Å². The van der Waals surface area contributed by atoms with E-state index >= 15 is 0 Å². The molecule has 0 atom stereocenters. The number of hydrogen-bond donors (Lipinski definition) is 1. The highest BCUT2D eigenvalue weighted by molar-refractivity contribution is 5.93. The smallest absolute Gasteiger partial charge is 0.226 e. The molecule has 1 rings (SSSR count). The fourth-order valence-electron chi connectivity index (χ4n) is 1.74. The molecular formula is C14H22N2O. The quantitative estimate of drug-likeness (QED) is 0.768. The molecule has 0 aliphatic carbocycles. The highest BCUT2D eigenvalue weighted by Crippen LogP contribution is 2.18. The number of benzene rings is 1. The Hall–Kier alpha value is -1.51. The molecule has 0 unspecified atom stereocenters. The van der Waals surface area contributed by atoms with Gasteiger partial charge in [-0.2, -0.15) is 0 Å². The van der Waals surface area contributed by atoms with Crippen LogP contribution in [0.15, 0.2) is 24.3 Å². The third kappa shape index (κ3) is 4.10. The molecule has 0 spiro atoms. The minimum Gasteiger partial charge on any atom is -0.399 e. The maximum Gasteiger partial charge on any atom is 0.226 e. The summed E-state index contributed by atoms with van der Waals surface area (Å²) in [5.74, 6) is 0.207. The van der Waals surface area contributed by atoms with Crippen molar-refractivity contribution < 1.29 is 4.79 Å². The Balaban J connectivity index is 2.77. The first kappa shape index (κ1) is 13.6. The van der Waals surface area contributed by atoms with Crippen molar-refractivity contribution in [3.05, 3.63) is 24.3 Å². The van der Waals surface area contributed by atoms with Crippen molar-refractivity contribution in [3.8, 4) is 0 Å². The fourth-order valence-corrected chi connectivity index (χ4v) is 1.74. The monoisotopic (exact) mass is 234 g/mol. The SMILES string of the molecule is CCCCC(=O)N(CCC)c1ccc(N)cc1. The van der Waals surface area contributed by atoms with Gasteiger partial charge in [0, 0.05) is 24.3 Å². The summed E-state index contributed by atoms with van der Waals surface area (Å²) >= 11 is 0. The lowest BCUT2D eigenvalue weighted by Crippen LogP contribution is -2.31. The Kier molecular flexibility index (Phi) is 5.53. The first-order valence-electron chi connectivity index (χ1n) is 6.35. The van der Waals surface area contributed by atoms with Gasteiger partial charge in [-0.3, -0.25) is 4.79 Å². The van der Waals surface area contributed by atoms with E-state index in [0.717, 1.165) is 37.2 Å². The van der Waals surface area contributed by atoms with Crippen molar-refractivity contribution in [2.75, 3.05) is 17.2 Å². The normalized spacial score (nSPS) is 10.2. The molecule has 3 nitrogen and oxygen atoms in total. The molecular weight excluding hydrogens is 212 g/mol. The Morgan fingerprint density at radius 1 is 1.18 bits per heavy atom. The zero-order valence-electron chi connectivity index (χ0n) is 10.8. The molecule has 0 aliphatic heterocycles. The van der Waals surface area contributed by atoms with Crippen LogP contribution in [0.4, 0.5) is 11.4 Å². The molecule has 17 heavy (non-hydrogen) atoms. The van der Waals surface area contributed by atoms with E-state index in [2.05, 4.69) is 13.8 Å². The summed E-state index contributed by atoms with van der Waals surface area (Å²) in [6.45, 7) is 4.95. The van der Waals surface area contributed by atoms with Crippen molar-refractivity contribution >= 4 is 17.3 Å². The van der Waals surface area contributed by atoms with E-state index in [9.17, 15) is 4.79 Å². The molecule has 0 aliphatic rings. The van der Waals surface area contributed by atoms with Gasteiger partial charge >= 0.3 is 0 Å². The van der Waals surface area contributed by atoms with Gasteiger partial charge in [0.2, 0.25) is 5.91 Å². The molecule has 0 radical (unpaired) electrons. The summed E-state index contributed by atoms with van der Waals surface area (Å²) in [6.07, 6.45) is 3.59. The topological polar surface area (TPSA) is 46.3 Å². The molecule has 94 valence electrons. The lowest BCUT2D eigenvalue weighted by atomic mass is 10.2. The van der Waals surface area contributed by atoms with E-state index in [1.807, 2.05) is 29.2 Å². The Labute approximate surface area is 104 Å². The number of amides is 1. The maximum absolute atomic E-state index is 12.1. The lowest BCUT2D eigenvalue weighted by molar-refractivity contribution is -0.118. The van der Waals surface area contributed by atoms with Crippen LogP contribution in [0.5, 0.6) is 0 Å². The van der Waals surface area contributed by atoms with Crippen molar-refractivity contribution in [2.45, 2.75) is 39.5 Å². The predicted octanol–water partition coefficient (Wildman–Crippen LogP) is 3.20. The number of unbranched alkanes of at least 4 members (excludes halogenated alkanes) is 1. The molecule has 0 bridgehead atoms. The number of carbonyl (C=O) groups is 1. The molecule has 1 aromatic carbocycles. The molecule has 2 N–H and O–H groups in total. The molecule has 0 aromatic heterocycles. The van der Waals surface area contributed by atoms with Crippen LogP contribution in [0.2, 0.25) is 0 Å². The van der Waals surface area contributed by atoms with Crippen molar-refractivity contribution in [2.24, 2.45) is 0 Å². The third-order valence-electron chi connectivity index (χ3n) is 2.70. The number of nitrogens with two attached hydrogens (primary N) is 1. The first-order valence-corrected chi connectivity index (χ1v) is 6.35. The van der Waals surface area contributed by atoms with Crippen LogP contribution in [0.1, 0.15) is 39.5 Å². The van der Waals surface area contributed by atoms with Crippen molar-refractivity contribution in [1.82, 2.24) is 0 Å². The number of carbonyl (C=O) groups excluding carboxylic acids is 1. The average molecular weight is 234 g/mol. The van der Waals surface area contributed by atoms with Gasteiger partial charge in [-0.15, -0.1) is 0 Å². The van der Waals surface area contributed by atoms with Crippen LogP contribution >= 0.6 is 0 Å². The van der Waals surface area contributed by atoms with E-state index in [1.165, 1.54) is 0 Å². The summed E-state index contributed by atoms with van der Waals surface area (Å²) in [5, 5.41) is 0. The van der Waals surface area contributed by atoms with Crippen LogP contribution < -0.4 is 10.6 Å². The lowest BCUT2D eigenvalue weighted by Gasteiger charge is -2.22. The maximum atomic E-state index is 12.1. The van der Waals surface area contributed by atoms with Crippen LogP contribution in [0.25, 0.3) is 0 Å². The van der Waals surface area contributed by atoms with Gasteiger partial charge in [0.1, 0.15) is 0 Å². The second-order valence-electron chi connectivity index (χ2n) is 4.24. The summed E-state index contributed by atoms with van der Waals surface area (Å²) < 4.78 is 0. The van der Waals surface area contributed by atoms with Crippen LogP contribution in [0.3, 0.4) is 0 Å². The fraction of sp³-hybridized carbons (Fsp3) is 0.500. The first-order chi connectivity index (χ1) is 8.19. The highest BCUT2D eigenvalue weighted by Gasteiger charge is 2.13. The molecule has 1 aromatic rings. The zero-order valence-corrected chi connectivity index (χ0v) is 10.8. The molecule has 3 heteroatoms. The van der Waals surface area contributed by atoms with Gasteiger partial charge in [0.05, 0.1) is 0 Å². The largest absolute Gasteiger partial charge is 0.399 e. The number of hydrogen-bond acceptors (Lipinski definition) is 2. The van der Waals surface area contributed by atoms with Crippen molar-refractivity contribution in [3.63, 3.8) is 0 Å². The molecule has 1 amide bonds. The molecule has 0 saturated carbocycles.